The number of piperidine rings is 1. The van der Waals surface area contributed by atoms with Gasteiger partial charge in [0.15, 0.2) is 11.5 Å². The number of sulfonamides is 1. The Kier molecular flexibility index (Phi) is 4.56. The van der Waals surface area contributed by atoms with Gasteiger partial charge in [0, 0.05) is 31.0 Å². The molecule has 4 rings (SSSR count). The maximum absolute atomic E-state index is 13.1. The number of hydrogen-bond donors (Lipinski definition) is 1. The Labute approximate surface area is 152 Å². The Morgan fingerprint density at radius 3 is 2.65 bits per heavy atom. The van der Waals surface area contributed by atoms with Crippen molar-refractivity contribution in [2.45, 2.75) is 30.3 Å². The maximum Gasteiger partial charge on any atom is 0.244 e. The molecule has 138 valence electrons. The number of pyridine rings is 1. The topological polar surface area (TPSA) is 89.0 Å². The Bertz CT molecular complexity index is 910. The molecule has 0 bridgehead atoms. The first-order chi connectivity index (χ1) is 12.6. The molecule has 0 radical (unpaired) electrons. The SMILES string of the molecule is O=S(=O)(c1cnccc1C(O)c1ccc2c(c1)OCO2)N1CCCCC1. The smallest absolute Gasteiger partial charge is 0.244 e. The molecule has 2 aromatic rings. The molecule has 0 saturated carbocycles. The molecule has 26 heavy (non-hydrogen) atoms. The lowest BCUT2D eigenvalue weighted by Gasteiger charge is -2.27. The molecule has 1 unspecified atom stereocenters. The van der Waals surface area contributed by atoms with E-state index in [4.69, 9.17) is 9.47 Å². The van der Waals surface area contributed by atoms with Crippen LogP contribution in [0.5, 0.6) is 11.5 Å². The first-order valence-corrected chi connectivity index (χ1v) is 10.0. The molecule has 0 spiro atoms. The third-order valence-corrected chi connectivity index (χ3v) is 6.70. The molecule has 1 N–H and O–H groups in total. The highest BCUT2D eigenvalue weighted by atomic mass is 32.2. The highest BCUT2D eigenvalue weighted by molar-refractivity contribution is 7.89. The predicted molar refractivity (Wildman–Crippen MR) is 93.5 cm³/mol. The zero-order valence-corrected chi connectivity index (χ0v) is 15.0. The van der Waals surface area contributed by atoms with E-state index in [2.05, 4.69) is 4.98 Å². The summed E-state index contributed by atoms with van der Waals surface area (Å²) in [6, 6.07) is 6.63. The lowest BCUT2D eigenvalue weighted by atomic mass is 10.0. The van der Waals surface area contributed by atoms with Gasteiger partial charge in [0.1, 0.15) is 11.0 Å². The van der Waals surface area contributed by atoms with Gasteiger partial charge in [-0.3, -0.25) is 4.98 Å². The monoisotopic (exact) mass is 376 g/mol. The van der Waals surface area contributed by atoms with Crippen molar-refractivity contribution >= 4 is 10.0 Å². The molecule has 2 aliphatic heterocycles. The Morgan fingerprint density at radius 1 is 1.08 bits per heavy atom. The number of fused-ring (bicyclic) bond motifs is 1. The highest BCUT2D eigenvalue weighted by Gasteiger charge is 2.31. The Hall–Kier alpha value is -2.16. The number of ether oxygens (including phenoxy) is 2. The molecule has 8 heteroatoms. The van der Waals surface area contributed by atoms with Gasteiger partial charge in [-0.05, 0) is 36.6 Å². The molecule has 1 atom stereocenters. The zero-order chi connectivity index (χ0) is 18.1. The van der Waals surface area contributed by atoms with E-state index in [9.17, 15) is 13.5 Å². The van der Waals surface area contributed by atoms with Crippen molar-refractivity contribution < 1.29 is 23.0 Å². The highest BCUT2D eigenvalue weighted by Crippen LogP contribution is 2.37. The minimum absolute atomic E-state index is 0.0482. The van der Waals surface area contributed by atoms with Crippen LogP contribution >= 0.6 is 0 Å². The van der Waals surface area contributed by atoms with Crippen LogP contribution in [0.1, 0.15) is 36.5 Å². The molecule has 0 aliphatic carbocycles. The maximum atomic E-state index is 13.1. The predicted octanol–water partition coefficient (Wildman–Crippen LogP) is 2.07. The second kappa shape index (κ2) is 6.86. The van der Waals surface area contributed by atoms with Gasteiger partial charge < -0.3 is 14.6 Å². The number of rotatable bonds is 4. The molecule has 1 aromatic carbocycles. The lowest BCUT2D eigenvalue weighted by Crippen LogP contribution is -2.36. The first kappa shape index (κ1) is 17.3. The third-order valence-electron chi connectivity index (χ3n) is 4.76. The van der Waals surface area contributed by atoms with E-state index in [1.54, 1.807) is 24.3 Å². The Morgan fingerprint density at radius 2 is 1.85 bits per heavy atom. The molecular formula is C18H20N2O5S. The largest absolute Gasteiger partial charge is 0.454 e. The number of nitrogens with zero attached hydrogens (tertiary/aromatic N) is 2. The van der Waals surface area contributed by atoms with Crippen LogP contribution in [0.25, 0.3) is 0 Å². The normalized spacial score (nSPS) is 18.7. The fourth-order valence-electron chi connectivity index (χ4n) is 3.34. The number of hydrogen-bond acceptors (Lipinski definition) is 6. The summed E-state index contributed by atoms with van der Waals surface area (Å²) >= 11 is 0. The van der Waals surface area contributed by atoms with Gasteiger partial charge in [-0.15, -0.1) is 0 Å². The summed E-state index contributed by atoms with van der Waals surface area (Å²) in [6.45, 7) is 1.13. The van der Waals surface area contributed by atoms with Crippen LogP contribution in [0.3, 0.4) is 0 Å². The van der Waals surface area contributed by atoms with E-state index >= 15 is 0 Å². The van der Waals surface area contributed by atoms with Crippen LogP contribution in [0.4, 0.5) is 0 Å². The van der Waals surface area contributed by atoms with Crippen molar-refractivity contribution in [1.82, 2.24) is 9.29 Å². The van der Waals surface area contributed by atoms with Crippen LogP contribution in [0.2, 0.25) is 0 Å². The van der Waals surface area contributed by atoms with Gasteiger partial charge in [0.2, 0.25) is 16.8 Å². The standard InChI is InChI=1S/C18H20N2O5S/c21-18(13-4-5-15-16(10-13)25-12-24-15)14-6-7-19-11-17(14)26(22,23)20-8-2-1-3-9-20/h4-7,10-11,18,21H,1-3,8-9,12H2. The average Bonchev–Trinajstić information content (AvgIpc) is 3.16. The second-order valence-electron chi connectivity index (χ2n) is 6.39. The molecule has 0 amide bonds. The average molecular weight is 376 g/mol. The summed E-state index contributed by atoms with van der Waals surface area (Å²) in [5, 5.41) is 10.9. The van der Waals surface area contributed by atoms with Crippen LogP contribution in [0.15, 0.2) is 41.6 Å². The van der Waals surface area contributed by atoms with Gasteiger partial charge in [0.25, 0.3) is 0 Å². The van der Waals surface area contributed by atoms with Crippen molar-refractivity contribution in [2.24, 2.45) is 0 Å². The van der Waals surface area contributed by atoms with E-state index in [0.29, 0.717) is 35.7 Å². The van der Waals surface area contributed by atoms with Crippen LogP contribution in [0, 0.1) is 0 Å². The second-order valence-corrected chi connectivity index (χ2v) is 8.30. The molecule has 1 aromatic heterocycles. The van der Waals surface area contributed by atoms with Crippen LogP contribution < -0.4 is 9.47 Å². The molecule has 2 aliphatic rings. The molecule has 1 fully saturated rings. The zero-order valence-electron chi connectivity index (χ0n) is 14.2. The van der Waals surface area contributed by atoms with E-state index in [0.717, 1.165) is 19.3 Å². The van der Waals surface area contributed by atoms with Gasteiger partial charge in [0.05, 0.1) is 0 Å². The minimum atomic E-state index is -3.70. The molecule has 1 saturated heterocycles. The molecule has 3 heterocycles. The van der Waals surface area contributed by atoms with E-state index < -0.39 is 16.1 Å². The lowest BCUT2D eigenvalue weighted by molar-refractivity contribution is 0.173. The number of aliphatic hydroxyl groups is 1. The van der Waals surface area contributed by atoms with Crippen molar-refractivity contribution in [3.05, 3.63) is 47.8 Å². The van der Waals surface area contributed by atoms with Crippen molar-refractivity contribution in [3.8, 4) is 11.5 Å². The Balaban J connectivity index is 1.71. The summed E-state index contributed by atoms with van der Waals surface area (Å²) in [6.07, 6.45) is 4.42. The van der Waals surface area contributed by atoms with Crippen LogP contribution in [-0.2, 0) is 10.0 Å². The van der Waals surface area contributed by atoms with Crippen molar-refractivity contribution in [3.63, 3.8) is 0 Å². The van der Waals surface area contributed by atoms with E-state index in [-0.39, 0.29) is 11.7 Å². The van der Waals surface area contributed by atoms with Crippen molar-refractivity contribution in [1.29, 1.82) is 0 Å². The third kappa shape index (κ3) is 3.04. The van der Waals surface area contributed by atoms with Crippen LogP contribution in [-0.4, -0.2) is 42.7 Å². The van der Waals surface area contributed by atoms with Gasteiger partial charge in [-0.2, -0.15) is 4.31 Å². The van der Waals surface area contributed by atoms with E-state index in [1.165, 1.54) is 16.7 Å². The number of benzene rings is 1. The summed E-state index contributed by atoms with van der Waals surface area (Å²) in [4.78, 5) is 4.03. The first-order valence-electron chi connectivity index (χ1n) is 8.59. The minimum Gasteiger partial charge on any atom is -0.454 e. The van der Waals surface area contributed by atoms with Gasteiger partial charge in [-0.1, -0.05) is 12.5 Å². The number of aromatic nitrogens is 1. The van der Waals surface area contributed by atoms with E-state index in [1.807, 2.05) is 0 Å². The fraction of sp³-hybridized carbons (Fsp3) is 0.389. The molecular weight excluding hydrogens is 356 g/mol. The summed E-state index contributed by atoms with van der Waals surface area (Å²) in [7, 11) is -3.70. The summed E-state index contributed by atoms with van der Waals surface area (Å²) < 4.78 is 38.2. The van der Waals surface area contributed by atoms with Gasteiger partial charge >= 0.3 is 0 Å². The summed E-state index contributed by atoms with van der Waals surface area (Å²) in [5.74, 6) is 1.15. The fourth-order valence-corrected chi connectivity index (χ4v) is 5.03. The quantitative estimate of drug-likeness (QED) is 0.879. The van der Waals surface area contributed by atoms with Gasteiger partial charge in [-0.25, -0.2) is 8.42 Å². The summed E-state index contributed by atoms with van der Waals surface area (Å²) in [5.41, 5.74) is 0.847. The number of aliphatic hydroxyl groups excluding tert-OH is 1. The molecule has 7 nitrogen and oxygen atoms in total. The van der Waals surface area contributed by atoms with Crippen molar-refractivity contribution in [2.75, 3.05) is 19.9 Å².